The molecule has 5 nitrogen and oxygen atoms in total. The van der Waals surface area contributed by atoms with Crippen LogP contribution in [0.1, 0.15) is 10.4 Å². The van der Waals surface area contributed by atoms with Gasteiger partial charge in [-0.3, -0.25) is 4.79 Å². The zero-order valence-corrected chi connectivity index (χ0v) is 14.7. The van der Waals surface area contributed by atoms with Crippen LogP contribution in [0.15, 0.2) is 47.4 Å². The molecule has 0 aliphatic rings. The van der Waals surface area contributed by atoms with Crippen LogP contribution in [0, 0.1) is 0 Å². The minimum absolute atomic E-state index is 0.269. The fourth-order valence-corrected chi connectivity index (χ4v) is 2.56. The number of carbonyl (C=O) groups is 2. The van der Waals surface area contributed by atoms with Crippen molar-refractivity contribution in [1.82, 2.24) is 0 Å². The normalized spacial score (nSPS) is 10.1. The van der Waals surface area contributed by atoms with E-state index in [0.29, 0.717) is 16.5 Å². The summed E-state index contributed by atoms with van der Waals surface area (Å²) in [5.74, 6) is -0.673. The molecule has 0 radical (unpaired) electrons. The van der Waals surface area contributed by atoms with Gasteiger partial charge in [0.15, 0.2) is 6.61 Å². The maximum atomic E-state index is 12.1. The highest BCUT2D eigenvalue weighted by molar-refractivity contribution is 7.98. The average Bonchev–Trinajstić information content (AvgIpc) is 2.59. The van der Waals surface area contributed by atoms with Crippen LogP contribution in [0.5, 0.6) is 5.75 Å². The SMILES string of the molecule is COc1cc(SC)ccc1C(=O)OCC(=O)Nc1cccc(Cl)c1. The van der Waals surface area contributed by atoms with E-state index in [2.05, 4.69) is 5.32 Å². The van der Waals surface area contributed by atoms with E-state index in [4.69, 9.17) is 21.1 Å². The van der Waals surface area contributed by atoms with Crippen LogP contribution >= 0.6 is 23.4 Å². The lowest BCUT2D eigenvalue weighted by molar-refractivity contribution is -0.119. The minimum Gasteiger partial charge on any atom is -0.496 e. The summed E-state index contributed by atoms with van der Waals surface area (Å²) >= 11 is 7.37. The smallest absolute Gasteiger partial charge is 0.342 e. The molecule has 0 spiro atoms. The number of esters is 1. The number of carbonyl (C=O) groups excluding carboxylic acids is 2. The lowest BCUT2D eigenvalue weighted by Gasteiger charge is -2.10. The van der Waals surface area contributed by atoms with Gasteiger partial charge in [0.2, 0.25) is 0 Å². The second kappa shape index (κ2) is 8.61. The number of hydrogen-bond acceptors (Lipinski definition) is 5. The Morgan fingerprint density at radius 2 is 2.00 bits per heavy atom. The molecular formula is C17H16ClNO4S. The molecular weight excluding hydrogens is 350 g/mol. The van der Waals surface area contributed by atoms with Gasteiger partial charge in [-0.05, 0) is 42.7 Å². The van der Waals surface area contributed by atoms with E-state index in [1.54, 1.807) is 42.5 Å². The maximum Gasteiger partial charge on any atom is 0.342 e. The van der Waals surface area contributed by atoms with Crippen LogP contribution in [-0.2, 0) is 9.53 Å². The van der Waals surface area contributed by atoms with E-state index < -0.39 is 18.5 Å². The van der Waals surface area contributed by atoms with Gasteiger partial charge >= 0.3 is 5.97 Å². The summed E-state index contributed by atoms with van der Waals surface area (Å²) in [7, 11) is 1.47. The molecule has 0 aliphatic carbocycles. The van der Waals surface area contributed by atoms with Crippen molar-refractivity contribution in [2.24, 2.45) is 0 Å². The van der Waals surface area contributed by atoms with Gasteiger partial charge in [0.1, 0.15) is 11.3 Å². The van der Waals surface area contributed by atoms with Gasteiger partial charge in [0.25, 0.3) is 5.91 Å². The Hall–Kier alpha value is -2.18. The lowest BCUT2D eigenvalue weighted by atomic mass is 10.2. The second-order valence-electron chi connectivity index (χ2n) is 4.70. The molecule has 0 heterocycles. The maximum absolute atomic E-state index is 12.1. The van der Waals surface area contributed by atoms with Crippen molar-refractivity contribution < 1.29 is 19.1 Å². The van der Waals surface area contributed by atoms with Crippen LogP contribution in [0.25, 0.3) is 0 Å². The van der Waals surface area contributed by atoms with E-state index >= 15 is 0 Å². The summed E-state index contributed by atoms with van der Waals surface area (Å²) in [6.07, 6.45) is 1.92. The van der Waals surface area contributed by atoms with Gasteiger partial charge in [-0.2, -0.15) is 0 Å². The van der Waals surface area contributed by atoms with Crippen molar-refractivity contribution in [3.8, 4) is 5.75 Å². The molecule has 0 aromatic heterocycles. The fraction of sp³-hybridized carbons (Fsp3) is 0.176. The van der Waals surface area contributed by atoms with E-state index in [1.165, 1.54) is 18.9 Å². The first-order chi connectivity index (χ1) is 11.5. The third-order valence-electron chi connectivity index (χ3n) is 3.07. The van der Waals surface area contributed by atoms with Gasteiger partial charge < -0.3 is 14.8 Å². The average molecular weight is 366 g/mol. The topological polar surface area (TPSA) is 64.6 Å². The van der Waals surface area contributed by atoms with Crippen molar-refractivity contribution in [3.05, 3.63) is 53.1 Å². The highest BCUT2D eigenvalue weighted by Crippen LogP contribution is 2.25. The van der Waals surface area contributed by atoms with E-state index in [9.17, 15) is 9.59 Å². The highest BCUT2D eigenvalue weighted by atomic mass is 35.5. The summed E-state index contributed by atoms with van der Waals surface area (Å²) in [4.78, 5) is 24.9. The summed E-state index contributed by atoms with van der Waals surface area (Å²) < 4.78 is 10.2. The zero-order chi connectivity index (χ0) is 17.5. The van der Waals surface area contributed by atoms with Gasteiger partial charge in [-0.1, -0.05) is 17.7 Å². The predicted octanol–water partition coefficient (Wildman–Crippen LogP) is 3.87. The first kappa shape index (κ1) is 18.2. The number of benzene rings is 2. The van der Waals surface area contributed by atoms with E-state index in [0.717, 1.165) is 4.90 Å². The second-order valence-corrected chi connectivity index (χ2v) is 6.02. The van der Waals surface area contributed by atoms with Crippen LogP contribution in [0.4, 0.5) is 5.69 Å². The molecule has 0 saturated heterocycles. The Kier molecular flexibility index (Phi) is 6.52. The molecule has 0 aliphatic heterocycles. The Morgan fingerprint density at radius 1 is 1.21 bits per heavy atom. The van der Waals surface area contributed by atoms with Gasteiger partial charge in [-0.15, -0.1) is 11.8 Å². The third-order valence-corrected chi connectivity index (χ3v) is 4.03. The predicted molar refractivity (Wildman–Crippen MR) is 95.1 cm³/mol. The van der Waals surface area contributed by atoms with Crippen LogP contribution in [0.2, 0.25) is 5.02 Å². The summed E-state index contributed by atoms with van der Waals surface area (Å²) in [6, 6.07) is 11.8. The molecule has 126 valence electrons. The molecule has 7 heteroatoms. The molecule has 1 amide bonds. The number of halogens is 1. The van der Waals surface area contributed by atoms with Gasteiger partial charge in [-0.25, -0.2) is 4.79 Å². The Balaban J connectivity index is 1.96. The molecule has 0 bridgehead atoms. The van der Waals surface area contributed by atoms with Crippen molar-refractivity contribution in [3.63, 3.8) is 0 Å². The van der Waals surface area contributed by atoms with Gasteiger partial charge in [0.05, 0.1) is 7.11 Å². The first-order valence-electron chi connectivity index (χ1n) is 6.98. The number of amides is 1. The quantitative estimate of drug-likeness (QED) is 0.622. The first-order valence-corrected chi connectivity index (χ1v) is 8.58. The Labute approximate surface area is 149 Å². The number of anilines is 1. The molecule has 2 aromatic rings. The molecule has 2 rings (SSSR count). The number of thioether (sulfide) groups is 1. The lowest BCUT2D eigenvalue weighted by Crippen LogP contribution is -2.21. The summed E-state index contributed by atoms with van der Waals surface area (Å²) in [5.41, 5.74) is 0.802. The molecule has 0 fully saturated rings. The standard InChI is InChI=1S/C17H16ClNO4S/c1-22-15-9-13(24-2)6-7-14(15)17(21)23-10-16(20)19-12-5-3-4-11(18)8-12/h3-9H,10H2,1-2H3,(H,19,20). The number of ether oxygens (including phenoxy) is 2. The van der Waals surface area contributed by atoms with Gasteiger partial charge in [0, 0.05) is 15.6 Å². The Morgan fingerprint density at radius 3 is 2.67 bits per heavy atom. The molecule has 24 heavy (non-hydrogen) atoms. The van der Waals surface area contributed by atoms with Crippen molar-refractivity contribution in [1.29, 1.82) is 0 Å². The fourth-order valence-electron chi connectivity index (χ4n) is 1.94. The summed E-state index contributed by atoms with van der Waals surface area (Å²) in [5, 5.41) is 3.10. The van der Waals surface area contributed by atoms with E-state index in [1.807, 2.05) is 6.26 Å². The molecule has 0 unspecified atom stereocenters. The molecule has 0 saturated carbocycles. The highest BCUT2D eigenvalue weighted by Gasteiger charge is 2.16. The van der Waals surface area contributed by atoms with Crippen molar-refractivity contribution in [2.75, 3.05) is 25.3 Å². The van der Waals surface area contributed by atoms with Crippen molar-refractivity contribution in [2.45, 2.75) is 4.90 Å². The number of nitrogens with one attached hydrogen (secondary N) is 1. The number of rotatable bonds is 6. The molecule has 2 aromatic carbocycles. The number of methoxy groups -OCH3 is 1. The van der Waals surface area contributed by atoms with Crippen LogP contribution < -0.4 is 10.1 Å². The molecule has 1 N–H and O–H groups in total. The van der Waals surface area contributed by atoms with E-state index in [-0.39, 0.29) is 5.56 Å². The third kappa shape index (κ3) is 4.91. The zero-order valence-electron chi connectivity index (χ0n) is 13.2. The van der Waals surface area contributed by atoms with Crippen LogP contribution in [0.3, 0.4) is 0 Å². The largest absolute Gasteiger partial charge is 0.496 e. The number of hydrogen-bond donors (Lipinski definition) is 1. The van der Waals surface area contributed by atoms with Crippen LogP contribution in [-0.4, -0.2) is 31.8 Å². The summed E-state index contributed by atoms with van der Waals surface area (Å²) in [6.45, 7) is -0.404. The molecule has 0 atom stereocenters. The minimum atomic E-state index is -0.624. The monoisotopic (exact) mass is 365 g/mol. The van der Waals surface area contributed by atoms with Crippen molar-refractivity contribution >= 4 is 40.9 Å². The Bertz CT molecular complexity index is 751.